The second-order valence-electron chi connectivity index (χ2n) is 4.93. The molecule has 1 heterocycles. The third-order valence-corrected chi connectivity index (χ3v) is 5.12. The first kappa shape index (κ1) is 16.3. The number of Topliss-reactive ketones (excluding diaryl/α,β-unsaturated/α-hetero) is 1. The third kappa shape index (κ3) is 3.06. The Morgan fingerprint density at radius 2 is 1.82 bits per heavy atom. The fourth-order valence-corrected chi connectivity index (χ4v) is 3.25. The predicted octanol–water partition coefficient (Wildman–Crippen LogP) is 3.19. The van der Waals surface area contributed by atoms with Crippen molar-refractivity contribution in [3.8, 4) is 11.1 Å². The standard InChI is InChI=1S/C16H16FNO3S/c1-4-22(20,21)15-9-14(10(2)18-16(15)11(3)19)12-5-7-13(17)8-6-12/h5-9H,4H2,1-3H3. The lowest BCUT2D eigenvalue weighted by atomic mass is 10.0. The number of hydrogen-bond donors (Lipinski definition) is 0. The molecular formula is C16H16FNO3S. The Kier molecular flexibility index (Phi) is 4.42. The van der Waals surface area contributed by atoms with Gasteiger partial charge in [-0.15, -0.1) is 0 Å². The van der Waals surface area contributed by atoms with E-state index >= 15 is 0 Å². The van der Waals surface area contributed by atoms with Crippen LogP contribution in [0.25, 0.3) is 11.1 Å². The Balaban J connectivity index is 2.75. The maximum atomic E-state index is 13.0. The van der Waals surface area contributed by atoms with Crippen molar-refractivity contribution >= 4 is 15.6 Å². The summed E-state index contributed by atoms with van der Waals surface area (Å²) in [6.07, 6.45) is 0. The van der Waals surface area contributed by atoms with Crippen LogP contribution in [0.2, 0.25) is 0 Å². The summed E-state index contributed by atoms with van der Waals surface area (Å²) < 4.78 is 37.5. The first-order valence-corrected chi connectivity index (χ1v) is 8.42. The molecule has 1 aromatic carbocycles. The molecule has 0 radical (unpaired) electrons. The number of ketones is 1. The molecule has 2 rings (SSSR count). The number of rotatable bonds is 4. The van der Waals surface area contributed by atoms with Crippen LogP contribution < -0.4 is 0 Å². The number of sulfone groups is 1. The highest BCUT2D eigenvalue weighted by atomic mass is 32.2. The molecule has 4 nitrogen and oxygen atoms in total. The van der Waals surface area contributed by atoms with E-state index in [2.05, 4.69) is 4.98 Å². The minimum absolute atomic E-state index is 0.0507. The first-order valence-electron chi connectivity index (χ1n) is 6.77. The van der Waals surface area contributed by atoms with Gasteiger partial charge in [-0.3, -0.25) is 4.79 Å². The molecule has 6 heteroatoms. The molecule has 0 atom stereocenters. The van der Waals surface area contributed by atoms with E-state index in [-0.39, 0.29) is 22.2 Å². The second kappa shape index (κ2) is 5.96. The van der Waals surface area contributed by atoms with E-state index in [1.807, 2.05) is 0 Å². The zero-order valence-corrected chi connectivity index (χ0v) is 13.4. The van der Waals surface area contributed by atoms with Crippen LogP contribution in [-0.2, 0) is 9.84 Å². The lowest BCUT2D eigenvalue weighted by Crippen LogP contribution is -2.13. The van der Waals surface area contributed by atoms with E-state index < -0.39 is 15.6 Å². The van der Waals surface area contributed by atoms with E-state index in [1.165, 1.54) is 32.0 Å². The van der Waals surface area contributed by atoms with Gasteiger partial charge in [0.1, 0.15) is 11.5 Å². The van der Waals surface area contributed by atoms with Crippen molar-refractivity contribution in [3.05, 3.63) is 47.5 Å². The number of aryl methyl sites for hydroxylation is 1. The normalized spacial score (nSPS) is 11.5. The van der Waals surface area contributed by atoms with Crippen molar-refractivity contribution in [2.75, 3.05) is 5.75 Å². The Hall–Kier alpha value is -2.08. The molecule has 116 valence electrons. The summed E-state index contributed by atoms with van der Waals surface area (Å²) in [5, 5.41) is 0. The highest BCUT2D eigenvalue weighted by Crippen LogP contribution is 2.28. The Morgan fingerprint density at radius 3 is 2.32 bits per heavy atom. The summed E-state index contributed by atoms with van der Waals surface area (Å²) >= 11 is 0. The third-order valence-electron chi connectivity index (χ3n) is 3.38. The number of carbonyl (C=O) groups excluding carboxylic acids is 1. The van der Waals surface area contributed by atoms with Crippen LogP contribution in [0, 0.1) is 12.7 Å². The number of aromatic nitrogens is 1. The van der Waals surface area contributed by atoms with E-state index in [4.69, 9.17) is 0 Å². The Bertz CT molecular complexity index is 827. The van der Waals surface area contributed by atoms with Gasteiger partial charge in [-0.1, -0.05) is 19.1 Å². The lowest BCUT2D eigenvalue weighted by Gasteiger charge is -2.12. The molecule has 0 aliphatic carbocycles. The van der Waals surface area contributed by atoms with Gasteiger partial charge in [0.25, 0.3) is 0 Å². The van der Waals surface area contributed by atoms with Crippen molar-refractivity contribution in [2.24, 2.45) is 0 Å². The van der Waals surface area contributed by atoms with Gasteiger partial charge in [-0.25, -0.2) is 17.8 Å². The second-order valence-corrected chi connectivity index (χ2v) is 7.18. The van der Waals surface area contributed by atoms with Gasteiger partial charge >= 0.3 is 0 Å². The largest absolute Gasteiger partial charge is 0.293 e. The molecular weight excluding hydrogens is 305 g/mol. The van der Waals surface area contributed by atoms with Crippen molar-refractivity contribution in [2.45, 2.75) is 25.7 Å². The van der Waals surface area contributed by atoms with Crippen LogP contribution in [0.4, 0.5) is 4.39 Å². The van der Waals surface area contributed by atoms with Crippen molar-refractivity contribution in [1.82, 2.24) is 4.98 Å². The van der Waals surface area contributed by atoms with E-state index in [0.29, 0.717) is 16.8 Å². The molecule has 0 saturated carbocycles. The van der Waals surface area contributed by atoms with Crippen LogP contribution in [-0.4, -0.2) is 24.9 Å². The zero-order chi connectivity index (χ0) is 16.5. The average molecular weight is 321 g/mol. The van der Waals surface area contributed by atoms with Gasteiger partial charge in [-0.05, 0) is 30.7 Å². The summed E-state index contributed by atoms with van der Waals surface area (Å²) in [7, 11) is -3.59. The highest BCUT2D eigenvalue weighted by Gasteiger charge is 2.23. The Morgan fingerprint density at radius 1 is 1.23 bits per heavy atom. The van der Waals surface area contributed by atoms with E-state index in [0.717, 1.165) is 0 Å². The molecule has 0 saturated heterocycles. The lowest BCUT2D eigenvalue weighted by molar-refractivity contribution is 0.100. The smallest absolute Gasteiger partial charge is 0.180 e. The van der Waals surface area contributed by atoms with Crippen molar-refractivity contribution < 1.29 is 17.6 Å². The molecule has 0 aliphatic rings. The number of halogens is 1. The molecule has 0 aliphatic heterocycles. The van der Waals surface area contributed by atoms with Crippen LogP contribution in [0.1, 0.15) is 30.0 Å². The molecule has 1 aromatic heterocycles. The minimum Gasteiger partial charge on any atom is -0.293 e. The molecule has 0 unspecified atom stereocenters. The zero-order valence-electron chi connectivity index (χ0n) is 12.6. The topological polar surface area (TPSA) is 64.1 Å². The van der Waals surface area contributed by atoms with Crippen LogP contribution in [0.15, 0.2) is 35.2 Å². The predicted molar refractivity (Wildman–Crippen MR) is 82.1 cm³/mol. The summed E-state index contributed by atoms with van der Waals surface area (Å²) in [4.78, 5) is 15.8. The van der Waals surface area contributed by atoms with Gasteiger partial charge in [0.2, 0.25) is 0 Å². The fourth-order valence-electron chi connectivity index (χ4n) is 2.15. The van der Waals surface area contributed by atoms with Crippen molar-refractivity contribution in [3.63, 3.8) is 0 Å². The highest BCUT2D eigenvalue weighted by molar-refractivity contribution is 7.91. The molecule has 0 fully saturated rings. The van der Waals surface area contributed by atoms with Gasteiger partial charge < -0.3 is 0 Å². The molecule has 0 N–H and O–H groups in total. The maximum Gasteiger partial charge on any atom is 0.180 e. The summed E-state index contributed by atoms with van der Waals surface area (Å²) in [6, 6.07) is 7.14. The summed E-state index contributed by atoms with van der Waals surface area (Å²) in [5.41, 5.74) is 1.68. The number of nitrogens with zero attached hydrogens (tertiary/aromatic N) is 1. The maximum absolute atomic E-state index is 13.0. The number of hydrogen-bond acceptors (Lipinski definition) is 4. The monoisotopic (exact) mass is 321 g/mol. The minimum atomic E-state index is -3.59. The van der Waals surface area contributed by atoms with Gasteiger partial charge in [0.05, 0.1) is 10.6 Å². The molecule has 2 aromatic rings. The van der Waals surface area contributed by atoms with E-state index in [9.17, 15) is 17.6 Å². The first-order chi connectivity index (χ1) is 10.3. The van der Waals surface area contributed by atoms with Gasteiger partial charge in [-0.2, -0.15) is 0 Å². The number of benzene rings is 1. The number of pyridine rings is 1. The molecule has 0 spiro atoms. The summed E-state index contributed by atoms with van der Waals surface area (Å²) in [6.45, 7) is 4.48. The SMILES string of the molecule is CCS(=O)(=O)c1cc(-c2ccc(F)cc2)c(C)nc1C(C)=O. The van der Waals surface area contributed by atoms with Crippen LogP contribution in [0.5, 0.6) is 0 Å². The average Bonchev–Trinajstić information content (AvgIpc) is 2.47. The Labute approximate surface area is 128 Å². The van der Waals surface area contributed by atoms with Crippen LogP contribution >= 0.6 is 0 Å². The van der Waals surface area contributed by atoms with Crippen LogP contribution in [0.3, 0.4) is 0 Å². The molecule has 0 amide bonds. The van der Waals surface area contributed by atoms with E-state index in [1.54, 1.807) is 19.1 Å². The fraction of sp³-hybridized carbons (Fsp3) is 0.250. The quantitative estimate of drug-likeness (QED) is 0.811. The molecule has 22 heavy (non-hydrogen) atoms. The van der Waals surface area contributed by atoms with Gasteiger partial charge in [0.15, 0.2) is 15.6 Å². The number of carbonyl (C=O) groups is 1. The van der Waals surface area contributed by atoms with Gasteiger partial charge in [0, 0.05) is 18.2 Å². The van der Waals surface area contributed by atoms with Crippen molar-refractivity contribution in [1.29, 1.82) is 0 Å². The summed E-state index contributed by atoms with van der Waals surface area (Å²) in [5.74, 6) is -0.905. The molecule has 0 bridgehead atoms.